The summed E-state index contributed by atoms with van der Waals surface area (Å²) >= 11 is 0. The first-order valence-electron chi connectivity index (χ1n) is 11.9. The summed E-state index contributed by atoms with van der Waals surface area (Å²) in [4.78, 5) is 47.6. The predicted molar refractivity (Wildman–Crippen MR) is 139 cm³/mol. The molecule has 0 saturated carbocycles. The Bertz CT molecular complexity index is 1100. The Morgan fingerprint density at radius 1 is 1.14 bits per heavy atom. The van der Waals surface area contributed by atoms with E-state index in [0.717, 1.165) is 6.29 Å². The van der Waals surface area contributed by atoms with E-state index in [0.29, 0.717) is 16.6 Å². The number of carbonyl (C=O) groups is 3. The number of ether oxygens (including phenoxy) is 1. The number of amides is 2. The molecule has 0 fully saturated rings. The second-order valence-corrected chi connectivity index (χ2v) is 7.95. The van der Waals surface area contributed by atoms with Crippen LogP contribution in [0.15, 0.2) is 23.0 Å². The zero-order chi connectivity index (χ0) is 27.2. The molecule has 0 spiro atoms. The van der Waals surface area contributed by atoms with Crippen LogP contribution in [-0.2, 0) is 21.4 Å². The van der Waals surface area contributed by atoms with Gasteiger partial charge >= 0.3 is 11.8 Å². The first-order chi connectivity index (χ1) is 16.6. The number of hydrogen-bond donors (Lipinski definition) is 2. The van der Waals surface area contributed by atoms with Crippen molar-refractivity contribution in [2.75, 3.05) is 13.6 Å². The Labute approximate surface area is 208 Å². The van der Waals surface area contributed by atoms with Gasteiger partial charge in [-0.25, -0.2) is 9.59 Å². The molecule has 2 N–H and O–H groups in total. The van der Waals surface area contributed by atoms with E-state index < -0.39 is 17.7 Å². The van der Waals surface area contributed by atoms with Crippen molar-refractivity contribution < 1.29 is 19.1 Å². The van der Waals surface area contributed by atoms with Crippen LogP contribution in [0.3, 0.4) is 0 Å². The summed E-state index contributed by atoms with van der Waals surface area (Å²) in [5.41, 5.74) is 0.891. The monoisotopic (exact) mass is 488 g/mol. The molecule has 0 radical (unpaired) electrons. The lowest BCUT2D eigenvalue weighted by Crippen LogP contribution is -2.36. The van der Waals surface area contributed by atoms with E-state index in [2.05, 4.69) is 22.5 Å². The Kier molecular flexibility index (Phi) is 13.8. The maximum atomic E-state index is 12.8. The van der Waals surface area contributed by atoms with Gasteiger partial charge in [-0.1, -0.05) is 39.5 Å². The topological polar surface area (TPSA) is 111 Å². The molecule has 9 heteroatoms. The van der Waals surface area contributed by atoms with Crippen molar-refractivity contribution in [3.63, 3.8) is 0 Å². The van der Waals surface area contributed by atoms with Crippen molar-refractivity contribution >= 4 is 29.3 Å². The van der Waals surface area contributed by atoms with Crippen LogP contribution in [-0.4, -0.2) is 46.6 Å². The van der Waals surface area contributed by atoms with Crippen LogP contribution in [0, 0.1) is 11.8 Å². The van der Waals surface area contributed by atoms with Crippen LogP contribution in [0.2, 0.25) is 0 Å². The summed E-state index contributed by atoms with van der Waals surface area (Å²) in [6, 6.07) is 4.41. The summed E-state index contributed by atoms with van der Waals surface area (Å²) in [6.45, 7) is 13.4. The lowest BCUT2D eigenvalue weighted by molar-refractivity contribution is -0.124. The van der Waals surface area contributed by atoms with Gasteiger partial charge in [0.25, 0.3) is 0 Å². The minimum absolute atomic E-state index is 0.108. The van der Waals surface area contributed by atoms with Gasteiger partial charge in [-0.15, -0.1) is 0 Å². The van der Waals surface area contributed by atoms with Gasteiger partial charge in [0.15, 0.2) is 0 Å². The van der Waals surface area contributed by atoms with Gasteiger partial charge in [-0.3, -0.25) is 13.9 Å². The molecule has 2 amide bonds. The van der Waals surface area contributed by atoms with Crippen LogP contribution in [0.1, 0.15) is 72.9 Å². The molecular formula is C26H40N4O5. The molecule has 1 aromatic heterocycles. The number of carbonyl (C=O) groups excluding carboxylic acids is 3. The normalized spacial score (nSPS) is 10.9. The number of rotatable bonds is 6. The predicted octanol–water partition coefficient (Wildman–Crippen LogP) is 3.53. The third-order valence-corrected chi connectivity index (χ3v) is 4.46. The number of nitrogens with one attached hydrogen (secondary N) is 2. The molecule has 2 aromatic rings. The largest absolute Gasteiger partial charge is 0.444 e. The molecule has 1 atom stereocenters. The fourth-order valence-electron chi connectivity index (χ4n) is 3.09. The quantitative estimate of drug-likeness (QED) is 0.477. The molecule has 0 aliphatic carbocycles. The van der Waals surface area contributed by atoms with Gasteiger partial charge in [0, 0.05) is 26.1 Å². The highest BCUT2D eigenvalue weighted by Gasteiger charge is 2.24. The molecule has 0 bridgehead atoms. The fraction of sp³-hybridized carbons (Fsp3) is 0.538. The number of nitrogens with zero attached hydrogens (tertiary/aromatic N) is 2. The molecule has 0 aliphatic rings. The Hall–Kier alpha value is -3.54. The number of hydrogen-bond acceptors (Lipinski definition) is 5. The molecule has 1 aromatic carbocycles. The molecule has 1 heterocycles. The van der Waals surface area contributed by atoms with E-state index in [1.165, 1.54) is 16.2 Å². The number of benzene rings is 1. The minimum Gasteiger partial charge on any atom is -0.444 e. The number of imidazole rings is 1. The average molecular weight is 489 g/mol. The summed E-state index contributed by atoms with van der Waals surface area (Å²) in [5, 5.41) is 5.11. The van der Waals surface area contributed by atoms with Gasteiger partial charge in [0.2, 0.25) is 5.91 Å². The lowest BCUT2D eigenvalue weighted by Gasteiger charge is -2.19. The van der Waals surface area contributed by atoms with Gasteiger partial charge in [0.1, 0.15) is 17.9 Å². The van der Waals surface area contributed by atoms with Crippen LogP contribution in [0.5, 0.6) is 0 Å². The summed E-state index contributed by atoms with van der Waals surface area (Å²) < 4.78 is 7.99. The summed E-state index contributed by atoms with van der Waals surface area (Å²) in [7, 11) is 3.11. The minimum atomic E-state index is -0.790. The third kappa shape index (κ3) is 9.32. The molecule has 0 saturated heterocycles. The van der Waals surface area contributed by atoms with Crippen molar-refractivity contribution in [1.82, 2.24) is 19.8 Å². The maximum absolute atomic E-state index is 12.8. The van der Waals surface area contributed by atoms with Gasteiger partial charge in [-0.2, -0.15) is 0 Å². The molecule has 9 nitrogen and oxygen atoms in total. The average Bonchev–Trinajstić information content (AvgIpc) is 3.08. The SMILES string of the molecule is CC.CC.CNC(=O)C(CCC=O)n1c(=O)n(C)c2cc(C#CCNC(=O)OC(C)(C)C)ccc21. The molecule has 1 unspecified atom stereocenters. The zero-order valence-corrected chi connectivity index (χ0v) is 22.4. The number of alkyl carbamates (subject to hydrolysis) is 1. The van der Waals surface area contributed by atoms with Gasteiger partial charge in [0.05, 0.1) is 17.6 Å². The van der Waals surface area contributed by atoms with Gasteiger partial charge in [-0.05, 0) is 45.4 Å². The standard InChI is InChI=1S/C22H28N4O5.2C2H6/c1-22(2,3)31-20(29)24-12-6-8-15-10-11-16-18(14-15)25(5)21(30)26(16)17(9-7-13-27)19(28)23-4;2*1-2/h10-11,13-14,17H,7,9,12H2,1-5H3,(H,23,28)(H,24,29);2*1-2H3. The summed E-state index contributed by atoms with van der Waals surface area (Å²) in [6.07, 6.45) is 0.563. The Balaban J connectivity index is 0.00000274. The zero-order valence-electron chi connectivity index (χ0n) is 22.4. The van der Waals surface area contributed by atoms with E-state index in [4.69, 9.17) is 4.74 Å². The third-order valence-electron chi connectivity index (χ3n) is 4.46. The maximum Gasteiger partial charge on any atom is 0.408 e. The van der Waals surface area contributed by atoms with Crippen molar-refractivity contribution in [3.8, 4) is 11.8 Å². The number of likely N-dealkylation sites (N-methyl/N-ethyl adjacent to an activating group) is 1. The van der Waals surface area contributed by atoms with Crippen molar-refractivity contribution in [2.24, 2.45) is 7.05 Å². The lowest BCUT2D eigenvalue weighted by atomic mass is 10.1. The highest BCUT2D eigenvalue weighted by Crippen LogP contribution is 2.21. The second-order valence-electron chi connectivity index (χ2n) is 7.95. The first kappa shape index (κ1) is 31.5. The Morgan fingerprint density at radius 3 is 2.31 bits per heavy atom. The highest BCUT2D eigenvalue weighted by atomic mass is 16.6. The number of aromatic nitrogens is 2. The molecule has 2 rings (SSSR count). The fourth-order valence-corrected chi connectivity index (χ4v) is 3.09. The smallest absolute Gasteiger partial charge is 0.408 e. The van der Waals surface area contributed by atoms with Crippen LogP contribution in [0.25, 0.3) is 11.0 Å². The number of aryl methyl sites for hydroxylation is 1. The number of aldehydes is 1. The van der Waals surface area contributed by atoms with E-state index >= 15 is 0 Å². The van der Waals surface area contributed by atoms with E-state index in [1.807, 2.05) is 27.7 Å². The van der Waals surface area contributed by atoms with E-state index in [1.54, 1.807) is 46.0 Å². The van der Waals surface area contributed by atoms with Crippen molar-refractivity contribution in [3.05, 3.63) is 34.2 Å². The highest BCUT2D eigenvalue weighted by molar-refractivity contribution is 5.84. The van der Waals surface area contributed by atoms with Crippen molar-refractivity contribution in [1.29, 1.82) is 0 Å². The second kappa shape index (κ2) is 15.4. The van der Waals surface area contributed by atoms with Crippen LogP contribution >= 0.6 is 0 Å². The molecule has 194 valence electrons. The van der Waals surface area contributed by atoms with Gasteiger partial charge < -0.3 is 20.2 Å². The van der Waals surface area contributed by atoms with Crippen LogP contribution in [0.4, 0.5) is 4.79 Å². The van der Waals surface area contributed by atoms with E-state index in [9.17, 15) is 19.2 Å². The summed E-state index contributed by atoms with van der Waals surface area (Å²) in [5.74, 6) is 5.44. The molecular weight excluding hydrogens is 448 g/mol. The van der Waals surface area contributed by atoms with E-state index in [-0.39, 0.29) is 31.0 Å². The Morgan fingerprint density at radius 2 is 1.77 bits per heavy atom. The van der Waals surface area contributed by atoms with Crippen LogP contribution < -0.4 is 16.3 Å². The molecule has 0 aliphatic heterocycles. The van der Waals surface area contributed by atoms with Crippen molar-refractivity contribution in [2.45, 2.75) is 73.0 Å². The first-order valence-corrected chi connectivity index (χ1v) is 11.9. The number of fused-ring (bicyclic) bond motifs is 1. The molecule has 35 heavy (non-hydrogen) atoms.